The summed E-state index contributed by atoms with van der Waals surface area (Å²) in [5.74, 6) is 0.781. The van der Waals surface area contributed by atoms with Gasteiger partial charge in [0.1, 0.15) is 5.75 Å². The normalized spacial score (nSPS) is 10.9. The van der Waals surface area contributed by atoms with E-state index in [4.69, 9.17) is 9.72 Å². The van der Waals surface area contributed by atoms with E-state index in [9.17, 15) is 9.59 Å². The molecule has 33 heavy (non-hydrogen) atoms. The molecule has 0 spiro atoms. The molecule has 6 nitrogen and oxygen atoms in total. The summed E-state index contributed by atoms with van der Waals surface area (Å²) < 4.78 is 6.76. The Kier molecular flexibility index (Phi) is 6.79. The van der Waals surface area contributed by atoms with Crippen LogP contribution in [0.4, 0.5) is 0 Å². The first kappa shape index (κ1) is 22.6. The number of methoxy groups -OCH3 is 1. The summed E-state index contributed by atoms with van der Waals surface area (Å²) in [7, 11) is 1.62. The first-order valence-electron chi connectivity index (χ1n) is 10.6. The summed E-state index contributed by atoms with van der Waals surface area (Å²) in [4.78, 5) is 30.6. The van der Waals surface area contributed by atoms with Crippen molar-refractivity contribution in [3.63, 3.8) is 0 Å². The van der Waals surface area contributed by atoms with Crippen molar-refractivity contribution in [2.24, 2.45) is 0 Å². The number of aryl methyl sites for hydroxylation is 2. The van der Waals surface area contributed by atoms with Gasteiger partial charge in [-0.05, 0) is 66.9 Å². The van der Waals surface area contributed by atoms with Crippen molar-refractivity contribution in [3.05, 3.63) is 93.8 Å². The molecule has 1 heterocycles. The van der Waals surface area contributed by atoms with Crippen molar-refractivity contribution in [2.75, 3.05) is 12.9 Å². The molecule has 0 bridgehead atoms. The van der Waals surface area contributed by atoms with Crippen molar-refractivity contribution in [1.82, 2.24) is 14.9 Å². The fraction of sp³-hybridized carbons (Fsp3) is 0.192. The first-order valence-corrected chi connectivity index (χ1v) is 11.6. The standard InChI is InChI=1S/C26H25N3O3S/c1-17-12-18(2)14-20(13-17)29-25(31)22-6-4-5-7-23(22)28-26(29)33-16-24(30)27-15-19-8-10-21(32-3)11-9-19/h4-14H,15-16H2,1-3H3,(H,27,30). The molecule has 1 amide bonds. The monoisotopic (exact) mass is 459 g/mol. The van der Waals surface area contributed by atoms with Gasteiger partial charge in [-0.2, -0.15) is 0 Å². The lowest BCUT2D eigenvalue weighted by Crippen LogP contribution is -2.26. The summed E-state index contributed by atoms with van der Waals surface area (Å²) >= 11 is 1.25. The smallest absolute Gasteiger partial charge is 0.266 e. The Morgan fingerprint density at radius 3 is 2.42 bits per heavy atom. The average Bonchev–Trinajstić information content (AvgIpc) is 2.81. The molecule has 7 heteroatoms. The maximum Gasteiger partial charge on any atom is 0.266 e. The van der Waals surface area contributed by atoms with Crippen LogP contribution < -0.4 is 15.6 Å². The summed E-state index contributed by atoms with van der Waals surface area (Å²) in [6, 6.07) is 20.8. The molecule has 4 aromatic rings. The van der Waals surface area contributed by atoms with Crippen LogP contribution in [0.15, 0.2) is 76.7 Å². The molecule has 0 aliphatic carbocycles. The van der Waals surface area contributed by atoms with Gasteiger partial charge >= 0.3 is 0 Å². The molecule has 0 fully saturated rings. The lowest BCUT2D eigenvalue weighted by atomic mass is 10.1. The maximum absolute atomic E-state index is 13.4. The minimum absolute atomic E-state index is 0.134. The van der Waals surface area contributed by atoms with Crippen LogP contribution >= 0.6 is 11.8 Å². The number of thioether (sulfide) groups is 1. The van der Waals surface area contributed by atoms with Crippen LogP contribution in [-0.2, 0) is 11.3 Å². The number of carbonyl (C=O) groups is 1. The molecule has 0 saturated carbocycles. The lowest BCUT2D eigenvalue weighted by molar-refractivity contribution is -0.118. The molecule has 1 N–H and O–H groups in total. The number of hydrogen-bond donors (Lipinski definition) is 1. The number of nitrogens with one attached hydrogen (secondary N) is 1. The van der Waals surface area contributed by atoms with Crippen LogP contribution in [-0.4, -0.2) is 28.3 Å². The van der Waals surface area contributed by atoms with Gasteiger partial charge in [0.05, 0.1) is 29.5 Å². The predicted molar refractivity (Wildman–Crippen MR) is 132 cm³/mol. The van der Waals surface area contributed by atoms with Crippen molar-refractivity contribution in [3.8, 4) is 11.4 Å². The quantitative estimate of drug-likeness (QED) is 0.327. The van der Waals surface area contributed by atoms with E-state index in [1.165, 1.54) is 11.8 Å². The number of benzene rings is 3. The zero-order valence-electron chi connectivity index (χ0n) is 18.8. The Bertz CT molecular complexity index is 1340. The molecule has 0 saturated heterocycles. The van der Waals surface area contributed by atoms with Gasteiger partial charge in [-0.15, -0.1) is 0 Å². The fourth-order valence-electron chi connectivity index (χ4n) is 3.64. The highest BCUT2D eigenvalue weighted by Crippen LogP contribution is 2.23. The topological polar surface area (TPSA) is 73.2 Å². The average molecular weight is 460 g/mol. The molecule has 1 aromatic heterocycles. The second-order valence-electron chi connectivity index (χ2n) is 7.81. The summed E-state index contributed by atoms with van der Waals surface area (Å²) in [5.41, 5.74) is 4.30. The van der Waals surface area contributed by atoms with Crippen molar-refractivity contribution in [1.29, 1.82) is 0 Å². The van der Waals surface area contributed by atoms with E-state index in [1.54, 1.807) is 17.7 Å². The summed E-state index contributed by atoms with van der Waals surface area (Å²) in [5, 5.41) is 3.96. The van der Waals surface area contributed by atoms with Crippen LogP contribution in [0.3, 0.4) is 0 Å². The highest BCUT2D eigenvalue weighted by Gasteiger charge is 2.15. The van der Waals surface area contributed by atoms with Gasteiger partial charge in [-0.25, -0.2) is 4.98 Å². The zero-order chi connectivity index (χ0) is 23.4. The van der Waals surface area contributed by atoms with Crippen LogP contribution in [0.1, 0.15) is 16.7 Å². The third kappa shape index (κ3) is 5.26. The van der Waals surface area contributed by atoms with E-state index in [1.807, 2.05) is 68.4 Å². The largest absolute Gasteiger partial charge is 0.497 e. The summed E-state index contributed by atoms with van der Waals surface area (Å²) in [6.07, 6.45) is 0. The molecule has 0 radical (unpaired) electrons. The Balaban J connectivity index is 1.58. The lowest BCUT2D eigenvalue weighted by Gasteiger charge is -2.14. The Morgan fingerprint density at radius 2 is 1.73 bits per heavy atom. The molecule has 0 unspecified atom stereocenters. The van der Waals surface area contributed by atoms with E-state index >= 15 is 0 Å². The SMILES string of the molecule is COc1ccc(CNC(=O)CSc2nc3ccccc3c(=O)n2-c2cc(C)cc(C)c2)cc1. The van der Waals surface area contributed by atoms with E-state index in [0.717, 1.165) is 28.1 Å². The van der Waals surface area contributed by atoms with E-state index < -0.39 is 0 Å². The zero-order valence-corrected chi connectivity index (χ0v) is 19.6. The minimum atomic E-state index is -0.147. The number of rotatable bonds is 7. The number of hydrogen-bond acceptors (Lipinski definition) is 5. The van der Waals surface area contributed by atoms with Crippen LogP contribution in [0.2, 0.25) is 0 Å². The Morgan fingerprint density at radius 1 is 1.03 bits per heavy atom. The van der Waals surface area contributed by atoms with Crippen LogP contribution in [0.25, 0.3) is 16.6 Å². The van der Waals surface area contributed by atoms with E-state index in [0.29, 0.717) is 22.6 Å². The van der Waals surface area contributed by atoms with Gasteiger partial charge in [0, 0.05) is 6.54 Å². The minimum Gasteiger partial charge on any atom is -0.497 e. The summed E-state index contributed by atoms with van der Waals surface area (Å²) in [6.45, 7) is 4.41. The first-order chi connectivity index (χ1) is 15.9. The van der Waals surface area contributed by atoms with Crippen molar-refractivity contribution in [2.45, 2.75) is 25.5 Å². The van der Waals surface area contributed by atoms with Crippen LogP contribution in [0, 0.1) is 13.8 Å². The maximum atomic E-state index is 13.4. The van der Waals surface area contributed by atoms with Gasteiger partial charge in [-0.1, -0.05) is 42.1 Å². The second-order valence-corrected chi connectivity index (χ2v) is 8.75. The van der Waals surface area contributed by atoms with Gasteiger partial charge in [-0.3, -0.25) is 14.2 Å². The molecular weight excluding hydrogens is 434 g/mol. The number of carbonyl (C=O) groups excluding carboxylic acids is 1. The van der Waals surface area contributed by atoms with E-state index in [-0.39, 0.29) is 17.2 Å². The van der Waals surface area contributed by atoms with Gasteiger partial charge in [0.25, 0.3) is 5.56 Å². The molecule has 4 rings (SSSR count). The highest BCUT2D eigenvalue weighted by molar-refractivity contribution is 7.99. The van der Waals surface area contributed by atoms with Gasteiger partial charge in [0.2, 0.25) is 5.91 Å². The number of para-hydroxylation sites is 1. The molecule has 0 aliphatic rings. The molecule has 168 valence electrons. The van der Waals surface area contributed by atoms with Crippen molar-refractivity contribution >= 4 is 28.6 Å². The number of nitrogens with zero attached hydrogens (tertiary/aromatic N) is 2. The van der Waals surface area contributed by atoms with Crippen molar-refractivity contribution < 1.29 is 9.53 Å². The number of ether oxygens (including phenoxy) is 1. The predicted octanol–water partition coefficient (Wildman–Crippen LogP) is 4.42. The molecule has 0 aliphatic heterocycles. The Hall–Kier alpha value is -3.58. The molecular formula is C26H25N3O3S. The number of aromatic nitrogens is 2. The number of amides is 1. The van der Waals surface area contributed by atoms with Gasteiger partial charge in [0.15, 0.2) is 5.16 Å². The fourth-order valence-corrected chi connectivity index (χ4v) is 4.48. The second kappa shape index (κ2) is 9.92. The van der Waals surface area contributed by atoms with Gasteiger partial charge < -0.3 is 10.1 Å². The van der Waals surface area contributed by atoms with Crippen LogP contribution in [0.5, 0.6) is 5.75 Å². The third-order valence-electron chi connectivity index (χ3n) is 5.19. The molecule has 0 atom stereocenters. The number of fused-ring (bicyclic) bond motifs is 1. The Labute approximate surface area is 196 Å². The molecule has 3 aromatic carbocycles. The van der Waals surface area contributed by atoms with E-state index in [2.05, 4.69) is 11.4 Å². The highest BCUT2D eigenvalue weighted by atomic mass is 32.2. The third-order valence-corrected chi connectivity index (χ3v) is 6.13.